The Kier molecular flexibility index (Phi) is 5.22. The molecule has 274 valence electrons. The average Bonchev–Trinajstić information content (AvgIpc) is 3.92. The van der Waals surface area contributed by atoms with Gasteiger partial charge in [0.2, 0.25) is 0 Å². The summed E-state index contributed by atoms with van der Waals surface area (Å²) >= 11 is 0. The van der Waals surface area contributed by atoms with Crippen LogP contribution in [0.3, 0.4) is 0 Å². The number of fused-ring (bicyclic) bond motifs is 20. The summed E-state index contributed by atoms with van der Waals surface area (Å²) in [7, 11) is 0. The predicted molar refractivity (Wildman–Crippen MR) is 250 cm³/mol. The molecular formula is C56H37BN2. The van der Waals surface area contributed by atoms with Crippen molar-refractivity contribution in [2.45, 2.75) is 38.5 Å². The van der Waals surface area contributed by atoms with E-state index in [1.54, 1.807) is 0 Å². The Bertz CT molecular complexity index is 3600. The molecule has 59 heavy (non-hydrogen) atoms. The fourth-order valence-corrected chi connectivity index (χ4v) is 12.9. The Morgan fingerprint density at radius 2 is 0.831 bits per heavy atom. The van der Waals surface area contributed by atoms with Gasteiger partial charge in [0.25, 0.3) is 6.71 Å². The second kappa shape index (κ2) is 9.88. The van der Waals surface area contributed by atoms with E-state index in [-0.39, 0.29) is 17.5 Å². The Hall–Kier alpha value is -6.84. The second-order valence-electron chi connectivity index (χ2n) is 18.8. The van der Waals surface area contributed by atoms with Crippen molar-refractivity contribution in [2.75, 3.05) is 0 Å². The van der Waals surface area contributed by atoms with Gasteiger partial charge in [-0.25, -0.2) is 0 Å². The van der Waals surface area contributed by atoms with Crippen LogP contribution >= 0.6 is 0 Å². The summed E-state index contributed by atoms with van der Waals surface area (Å²) in [6, 6.07) is 58.8. The Morgan fingerprint density at radius 1 is 0.390 bits per heavy atom. The Morgan fingerprint density at radius 3 is 1.32 bits per heavy atom. The molecule has 0 amide bonds. The molecule has 4 aliphatic rings. The molecule has 0 radical (unpaired) electrons. The molecule has 3 heteroatoms. The minimum Gasteiger partial charge on any atom is -0.310 e. The van der Waals surface area contributed by atoms with E-state index < -0.39 is 0 Å². The first kappa shape index (κ1) is 31.2. The first-order valence-corrected chi connectivity index (χ1v) is 21.2. The van der Waals surface area contributed by atoms with E-state index in [0.29, 0.717) is 0 Å². The summed E-state index contributed by atoms with van der Waals surface area (Å²) in [5.74, 6) is 0. The van der Waals surface area contributed by atoms with E-state index in [2.05, 4.69) is 188 Å². The molecule has 0 saturated carbocycles. The minimum atomic E-state index is -0.0988. The molecule has 0 saturated heterocycles. The van der Waals surface area contributed by atoms with Gasteiger partial charge in [-0.05, 0) is 119 Å². The molecule has 2 aliphatic heterocycles. The molecule has 0 atom stereocenters. The maximum Gasteiger partial charge on any atom is 0.252 e. The van der Waals surface area contributed by atoms with Crippen molar-refractivity contribution in [3.8, 4) is 33.6 Å². The van der Waals surface area contributed by atoms with Crippen molar-refractivity contribution in [2.24, 2.45) is 0 Å². The first-order chi connectivity index (χ1) is 28.8. The van der Waals surface area contributed by atoms with Crippen LogP contribution in [0.5, 0.6) is 0 Å². The van der Waals surface area contributed by atoms with Gasteiger partial charge in [0.1, 0.15) is 0 Å². The van der Waals surface area contributed by atoms with Crippen LogP contribution in [0.1, 0.15) is 49.9 Å². The lowest BCUT2D eigenvalue weighted by Crippen LogP contribution is -2.59. The summed E-state index contributed by atoms with van der Waals surface area (Å²) in [6.07, 6.45) is 0. The van der Waals surface area contributed by atoms with Crippen molar-refractivity contribution < 1.29 is 0 Å². The van der Waals surface area contributed by atoms with Gasteiger partial charge in [-0.2, -0.15) is 0 Å². The van der Waals surface area contributed by atoms with Crippen LogP contribution in [0.25, 0.3) is 98.8 Å². The fourth-order valence-electron chi connectivity index (χ4n) is 12.9. The number of nitrogens with zero attached hydrogens (tertiary/aromatic N) is 2. The summed E-state index contributed by atoms with van der Waals surface area (Å²) in [5.41, 5.74) is 23.0. The minimum absolute atomic E-state index is 0.0714. The molecule has 15 rings (SSSR count). The van der Waals surface area contributed by atoms with E-state index in [1.807, 2.05) is 0 Å². The second-order valence-corrected chi connectivity index (χ2v) is 18.8. The van der Waals surface area contributed by atoms with Crippen LogP contribution in [0.4, 0.5) is 0 Å². The van der Waals surface area contributed by atoms with E-state index in [9.17, 15) is 0 Å². The van der Waals surface area contributed by atoms with Gasteiger partial charge >= 0.3 is 0 Å². The molecule has 0 bridgehead atoms. The zero-order valence-electron chi connectivity index (χ0n) is 33.4. The summed E-state index contributed by atoms with van der Waals surface area (Å²) in [5, 5.41) is 10.7. The molecule has 2 aromatic heterocycles. The summed E-state index contributed by atoms with van der Waals surface area (Å²) < 4.78 is 5.32. The van der Waals surface area contributed by atoms with Crippen molar-refractivity contribution in [1.82, 2.24) is 9.13 Å². The highest BCUT2D eigenvalue weighted by atomic mass is 15.0. The third-order valence-electron chi connectivity index (χ3n) is 15.4. The molecule has 11 aromatic rings. The maximum atomic E-state index is 2.66. The third kappa shape index (κ3) is 3.38. The fraction of sp³-hybridized carbons (Fsp3) is 0.107. The van der Waals surface area contributed by atoms with Crippen molar-refractivity contribution in [3.63, 3.8) is 0 Å². The van der Waals surface area contributed by atoms with Crippen molar-refractivity contribution >= 4 is 88.3 Å². The molecule has 2 nitrogen and oxygen atoms in total. The number of aromatic nitrogens is 2. The lowest BCUT2D eigenvalue weighted by atomic mass is 9.34. The number of benzene rings is 9. The van der Waals surface area contributed by atoms with Gasteiger partial charge in [0.15, 0.2) is 0 Å². The number of rotatable bonds is 0. The van der Waals surface area contributed by atoms with Crippen LogP contribution in [0, 0.1) is 0 Å². The van der Waals surface area contributed by atoms with Gasteiger partial charge < -0.3 is 9.13 Å². The Balaban J connectivity index is 1.14. The van der Waals surface area contributed by atoms with Crippen LogP contribution < -0.4 is 16.4 Å². The van der Waals surface area contributed by atoms with Gasteiger partial charge in [0.05, 0.1) is 22.1 Å². The maximum absolute atomic E-state index is 2.66. The van der Waals surface area contributed by atoms with E-state index in [1.165, 1.54) is 137 Å². The van der Waals surface area contributed by atoms with Crippen LogP contribution in [0.2, 0.25) is 0 Å². The molecular weight excluding hydrogens is 711 g/mol. The third-order valence-corrected chi connectivity index (χ3v) is 15.4. The molecule has 4 heterocycles. The smallest absolute Gasteiger partial charge is 0.252 e. The standard InChI is InChI=1S/C56H37BN2/c1-55(2)40-20-11-9-18-34(40)36-26-38-48(28-42(36)55)58-46-22-13-23-47-52(46)57(44-24-30-14-5-7-16-32(30)50(38)53(44)58)45-25-31-15-6-8-17-33(31)51-39-27-37-35-19-10-12-21-41(35)56(3,4)43(37)29-49(39)59(47)54(45)51/h5-29H,1-4H3. The summed E-state index contributed by atoms with van der Waals surface area (Å²) in [4.78, 5) is 0. The van der Waals surface area contributed by atoms with Gasteiger partial charge in [-0.1, -0.05) is 143 Å². The summed E-state index contributed by atoms with van der Waals surface area (Å²) in [6.45, 7) is 9.70. The van der Waals surface area contributed by atoms with E-state index in [4.69, 9.17) is 0 Å². The zero-order chi connectivity index (χ0) is 38.8. The highest BCUT2D eigenvalue weighted by molar-refractivity contribution is 7.00. The lowest BCUT2D eigenvalue weighted by Gasteiger charge is -2.34. The quantitative estimate of drug-likeness (QED) is 0.137. The first-order valence-electron chi connectivity index (χ1n) is 21.2. The van der Waals surface area contributed by atoms with E-state index in [0.717, 1.165) is 0 Å². The zero-order valence-corrected chi connectivity index (χ0v) is 33.4. The highest BCUT2D eigenvalue weighted by Crippen LogP contribution is 2.54. The highest BCUT2D eigenvalue weighted by Gasteiger charge is 2.44. The molecule has 9 aromatic carbocycles. The SMILES string of the molecule is CC1(C)c2ccccc2-c2cc3c4c5ccccc5cc5c4n(c3cc21)-c1cccc2c1B5c1cc3ccccc3c3c4cc5c(cc4n-2c13)C(C)(C)c1ccccc1-5. The predicted octanol–water partition coefficient (Wildman–Crippen LogP) is 11.9. The number of hydrogen-bond donors (Lipinski definition) is 0. The Labute approximate surface area is 342 Å². The largest absolute Gasteiger partial charge is 0.310 e. The molecule has 2 aliphatic carbocycles. The average molecular weight is 749 g/mol. The van der Waals surface area contributed by atoms with Crippen molar-refractivity contribution in [3.05, 3.63) is 174 Å². The van der Waals surface area contributed by atoms with Gasteiger partial charge in [-0.15, -0.1) is 0 Å². The molecule has 0 N–H and O–H groups in total. The van der Waals surface area contributed by atoms with Crippen LogP contribution in [-0.4, -0.2) is 15.8 Å². The van der Waals surface area contributed by atoms with Gasteiger partial charge in [0, 0.05) is 43.7 Å². The molecule has 0 fully saturated rings. The van der Waals surface area contributed by atoms with Crippen molar-refractivity contribution in [1.29, 1.82) is 0 Å². The monoisotopic (exact) mass is 748 g/mol. The van der Waals surface area contributed by atoms with Crippen LogP contribution in [-0.2, 0) is 10.8 Å². The molecule has 0 unspecified atom stereocenters. The van der Waals surface area contributed by atoms with Gasteiger partial charge in [-0.3, -0.25) is 0 Å². The lowest BCUT2D eigenvalue weighted by molar-refractivity contribution is 0.661. The topological polar surface area (TPSA) is 9.86 Å². The van der Waals surface area contributed by atoms with E-state index >= 15 is 0 Å². The van der Waals surface area contributed by atoms with Crippen LogP contribution in [0.15, 0.2) is 152 Å². The normalized spacial score (nSPS) is 15.7. The molecule has 0 spiro atoms. The number of hydrogen-bond acceptors (Lipinski definition) is 0.